The van der Waals surface area contributed by atoms with Crippen molar-refractivity contribution in [1.29, 1.82) is 0 Å². The Balaban J connectivity index is 2.31. The Morgan fingerprint density at radius 2 is 2.12 bits per heavy atom. The molecule has 0 radical (unpaired) electrons. The van der Waals surface area contributed by atoms with E-state index in [4.69, 9.17) is 0 Å². The van der Waals surface area contributed by atoms with E-state index in [0.717, 1.165) is 6.42 Å². The number of hydrogen-bond acceptors (Lipinski definition) is 2. The van der Waals surface area contributed by atoms with Crippen LogP contribution in [-0.4, -0.2) is 30.7 Å². The van der Waals surface area contributed by atoms with Gasteiger partial charge in [0.1, 0.15) is 6.04 Å². The molecule has 0 aliphatic carbocycles. The highest BCUT2D eigenvalue weighted by Crippen LogP contribution is 2.28. The second-order valence-electron chi connectivity index (χ2n) is 4.16. The maximum absolute atomic E-state index is 12.4. The first-order valence-corrected chi connectivity index (χ1v) is 5.47. The molecule has 3 nitrogen and oxygen atoms in total. The summed E-state index contributed by atoms with van der Waals surface area (Å²) in [5, 5.41) is 5.18. The van der Waals surface area contributed by atoms with E-state index >= 15 is 0 Å². The number of hydrogen-bond donors (Lipinski definition) is 2. The summed E-state index contributed by atoms with van der Waals surface area (Å²) in [6, 6.07) is -1.53. The Bertz CT molecular complexity index is 243. The molecule has 0 aromatic heterocycles. The largest absolute Gasteiger partial charge is 0.403 e. The lowest BCUT2D eigenvalue weighted by Gasteiger charge is -2.32. The van der Waals surface area contributed by atoms with E-state index in [9.17, 15) is 18.0 Å². The molecule has 2 atom stereocenters. The van der Waals surface area contributed by atoms with E-state index in [1.165, 1.54) is 6.92 Å². The van der Waals surface area contributed by atoms with Crippen molar-refractivity contribution in [1.82, 2.24) is 10.6 Å². The topological polar surface area (TPSA) is 41.1 Å². The van der Waals surface area contributed by atoms with Gasteiger partial charge in [0.15, 0.2) is 0 Å². The Hall–Kier alpha value is -0.780. The number of carbonyl (C=O) groups excluding carboxylic acids is 1. The minimum Gasteiger partial charge on any atom is -0.356 e. The molecule has 2 unspecified atom stereocenters. The minimum atomic E-state index is -4.16. The van der Waals surface area contributed by atoms with Gasteiger partial charge in [0.05, 0.1) is 0 Å². The smallest absolute Gasteiger partial charge is 0.356 e. The van der Waals surface area contributed by atoms with Crippen molar-refractivity contribution < 1.29 is 18.0 Å². The predicted octanol–water partition coefficient (Wildman–Crippen LogP) is 1.59. The Kier molecular flexibility index (Phi) is 4.58. The van der Waals surface area contributed by atoms with Crippen LogP contribution < -0.4 is 10.6 Å². The first-order valence-electron chi connectivity index (χ1n) is 5.47. The maximum atomic E-state index is 12.4. The van der Waals surface area contributed by atoms with Crippen molar-refractivity contribution in [2.75, 3.05) is 6.54 Å². The van der Waals surface area contributed by atoms with Gasteiger partial charge in [0, 0.05) is 19.5 Å². The van der Waals surface area contributed by atoms with Gasteiger partial charge in [-0.05, 0) is 19.3 Å². The number of piperidine rings is 1. The summed E-state index contributed by atoms with van der Waals surface area (Å²) < 4.78 is 37.3. The number of rotatable bonds is 3. The summed E-state index contributed by atoms with van der Waals surface area (Å²) in [6.45, 7) is 1.82. The van der Waals surface area contributed by atoms with Gasteiger partial charge in [-0.15, -0.1) is 0 Å². The van der Waals surface area contributed by atoms with Crippen LogP contribution in [0.4, 0.5) is 13.2 Å². The van der Waals surface area contributed by atoms with E-state index in [1.54, 1.807) is 0 Å². The van der Waals surface area contributed by atoms with Gasteiger partial charge < -0.3 is 10.6 Å². The fraction of sp³-hybridized carbons (Fsp3) is 0.900. The lowest BCUT2D eigenvalue weighted by atomic mass is 9.96. The fourth-order valence-corrected chi connectivity index (χ4v) is 1.93. The van der Waals surface area contributed by atoms with Gasteiger partial charge >= 0.3 is 6.18 Å². The van der Waals surface area contributed by atoms with Crippen LogP contribution in [0.25, 0.3) is 0 Å². The summed E-state index contributed by atoms with van der Waals surface area (Å²) in [5.74, 6) is -0.150. The van der Waals surface area contributed by atoms with Crippen molar-refractivity contribution >= 4 is 5.91 Å². The highest BCUT2D eigenvalue weighted by molar-refractivity contribution is 5.72. The molecule has 1 amide bonds. The van der Waals surface area contributed by atoms with Crippen molar-refractivity contribution in [2.45, 2.75) is 50.9 Å². The zero-order valence-corrected chi connectivity index (χ0v) is 9.23. The number of carbonyl (C=O) groups is 1. The Labute approximate surface area is 92.8 Å². The molecule has 1 fully saturated rings. The second kappa shape index (κ2) is 5.52. The number of alkyl halides is 3. The molecule has 0 aromatic rings. The van der Waals surface area contributed by atoms with E-state index in [2.05, 4.69) is 10.6 Å². The van der Waals surface area contributed by atoms with Gasteiger partial charge in [-0.3, -0.25) is 4.79 Å². The molecule has 6 heteroatoms. The third-order valence-corrected chi connectivity index (χ3v) is 2.74. The zero-order chi connectivity index (χ0) is 12.2. The molecular formula is C10H17F3N2O. The molecule has 94 valence electrons. The highest BCUT2D eigenvalue weighted by Gasteiger charge is 2.41. The molecular weight excluding hydrogens is 221 g/mol. The SMILES string of the molecule is CC(=O)NCCC1CCCC(C(F)(F)F)N1. The number of halogens is 3. The molecule has 0 saturated carbocycles. The third kappa shape index (κ3) is 4.38. The maximum Gasteiger partial charge on any atom is 0.403 e. The van der Waals surface area contributed by atoms with Crippen LogP contribution in [0.5, 0.6) is 0 Å². The second-order valence-corrected chi connectivity index (χ2v) is 4.16. The standard InChI is InChI=1S/C10H17F3N2O/c1-7(16)14-6-5-8-3-2-4-9(15-8)10(11,12)13/h8-9,15H,2-6H2,1H3,(H,14,16). The summed E-state index contributed by atoms with van der Waals surface area (Å²) in [6.07, 6.45) is -2.13. The van der Waals surface area contributed by atoms with Crippen molar-refractivity contribution in [3.63, 3.8) is 0 Å². The van der Waals surface area contributed by atoms with E-state index in [0.29, 0.717) is 19.4 Å². The average Bonchev–Trinajstić information content (AvgIpc) is 2.16. The molecule has 1 saturated heterocycles. The Morgan fingerprint density at radius 1 is 1.44 bits per heavy atom. The third-order valence-electron chi connectivity index (χ3n) is 2.74. The molecule has 2 N–H and O–H groups in total. The highest BCUT2D eigenvalue weighted by atomic mass is 19.4. The fourth-order valence-electron chi connectivity index (χ4n) is 1.93. The summed E-state index contributed by atoms with van der Waals surface area (Å²) in [7, 11) is 0. The number of nitrogens with one attached hydrogen (secondary N) is 2. The van der Waals surface area contributed by atoms with Crippen molar-refractivity contribution in [3.8, 4) is 0 Å². The normalized spacial score (nSPS) is 26.5. The van der Waals surface area contributed by atoms with Crippen molar-refractivity contribution in [3.05, 3.63) is 0 Å². The number of amides is 1. The van der Waals surface area contributed by atoms with Gasteiger partial charge in [0.2, 0.25) is 5.91 Å². The molecule has 1 aliphatic rings. The van der Waals surface area contributed by atoms with E-state index < -0.39 is 12.2 Å². The molecule has 16 heavy (non-hydrogen) atoms. The van der Waals surface area contributed by atoms with E-state index in [-0.39, 0.29) is 18.4 Å². The molecule has 1 aliphatic heterocycles. The van der Waals surface area contributed by atoms with Gasteiger partial charge in [0.25, 0.3) is 0 Å². The van der Waals surface area contributed by atoms with Gasteiger partial charge in [-0.1, -0.05) is 6.42 Å². The van der Waals surface area contributed by atoms with Gasteiger partial charge in [-0.2, -0.15) is 13.2 Å². The summed E-state index contributed by atoms with van der Waals surface area (Å²) in [4.78, 5) is 10.6. The summed E-state index contributed by atoms with van der Waals surface area (Å²) in [5.41, 5.74) is 0. The predicted molar refractivity (Wildman–Crippen MR) is 53.9 cm³/mol. The molecule has 0 aromatic carbocycles. The van der Waals surface area contributed by atoms with Crippen LogP contribution in [0.1, 0.15) is 32.6 Å². The minimum absolute atomic E-state index is 0.146. The quantitative estimate of drug-likeness (QED) is 0.784. The lowest BCUT2D eigenvalue weighted by Crippen LogP contribution is -2.51. The van der Waals surface area contributed by atoms with Crippen LogP contribution in [0.2, 0.25) is 0 Å². The van der Waals surface area contributed by atoms with Crippen LogP contribution in [0.15, 0.2) is 0 Å². The van der Waals surface area contributed by atoms with E-state index in [1.807, 2.05) is 0 Å². The molecule has 1 heterocycles. The van der Waals surface area contributed by atoms with Crippen LogP contribution >= 0.6 is 0 Å². The monoisotopic (exact) mass is 238 g/mol. The van der Waals surface area contributed by atoms with Crippen molar-refractivity contribution in [2.24, 2.45) is 0 Å². The average molecular weight is 238 g/mol. The molecule has 1 rings (SSSR count). The van der Waals surface area contributed by atoms with Crippen LogP contribution in [0, 0.1) is 0 Å². The first kappa shape index (κ1) is 13.3. The lowest BCUT2D eigenvalue weighted by molar-refractivity contribution is -0.163. The van der Waals surface area contributed by atoms with Gasteiger partial charge in [-0.25, -0.2) is 0 Å². The summed E-state index contributed by atoms with van der Waals surface area (Å²) >= 11 is 0. The Morgan fingerprint density at radius 3 is 2.69 bits per heavy atom. The first-order chi connectivity index (χ1) is 7.39. The van der Waals surface area contributed by atoms with Crippen LogP contribution in [0.3, 0.4) is 0 Å². The zero-order valence-electron chi connectivity index (χ0n) is 9.23. The van der Waals surface area contributed by atoms with Crippen LogP contribution in [-0.2, 0) is 4.79 Å². The molecule has 0 spiro atoms. The molecule has 0 bridgehead atoms.